The molecule has 7 heteroatoms. The number of hydrogen-bond acceptors (Lipinski definition) is 6. The number of pyridine rings is 1. The van der Waals surface area contributed by atoms with Crippen LogP contribution in [0.5, 0.6) is 5.75 Å². The van der Waals surface area contributed by atoms with Gasteiger partial charge in [-0.3, -0.25) is 0 Å². The van der Waals surface area contributed by atoms with E-state index >= 15 is 0 Å². The summed E-state index contributed by atoms with van der Waals surface area (Å²) in [5, 5.41) is 10.9. The maximum atomic E-state index is 12.9. The van der Waals surface area contributed by atoms with Gasteiger partial charge in [-0.05, 0) is 38.0 Å². The third-order valence-electron chi connectivity index (χ3n) is 4.84. The molecule has 3 rings (SSSR count). The molecular formula is C18H21NO5S. The molecule has 1 aliphatic rings. The summed E-state index contributed by atoms with van der Waals surface area (Å²) < 4.78 is 30.4. The number of aromatic hydroxyl groups is 1. The minimum atomic E-state index is -3.42. The Bertz CT molecular complexity index is 930. The maximum Gasteiger partial charge on any atom is 0.360 e. The van der Waals surface area contributed by atoms with Crippen LogP contribution in [0.3, 0.4) is 0 Å². The van der Waals surface area contributed by atoms with Crippen LogP contribution in [0.4, 0.5) is 0 Å². The van der Waals surface area contributed by atoms with E-state index in [2.05, 4.69) is 9.72 Å². The summed E-state index contributed by atoms with van der Waals surface area (Å²) in [6.45, 7) is 1.67. The van der Waals surface area contributed by atoms with Crippen molar-refractivity contribution in [1.82, 2.24) is 4.98 Å². The van der Waals surface area contributed by atoms with E-state index in [1.165, 1.54) is 19.2 Å². The summed E-state index contributed by atoms with van der Waals surface area (Å²) in [4.78, 5) is 16.0. The zero-order chi connectivity index (χ0) is 18.2. The number of ether oxygens (including phenoxy) is 1. The van der Waals surface area contributed by atoms with Gasteiger partial charge in [-0.2, -0.15) is 0 Å². The molecule has 1 aliphatic carbocycles. The topological polar surface area (TPSA) is 93.6 Å². The van der Waals surface area contributed by atoms with E-state index in [-0.39, 0.29) is 21.6 Å². The van der Waals surface area contributed by atoms with Crippen molar-refractivity contribution < 1.29 is 23.1 Å². The number of methoxy groups -OCH3 is 1. The van der Waals surface area contributed by atoms with Crippen LogP contribution in [0.15, 0.2) is 23.1 Å². The summed E-state index contributed by atoms with van der Waals surface area (Å²) in [5.41, 5.74) is 0.296. The number of rotatable bonds is 3. The average Bonchev–Trinajstić information content (AvgIpc) is 2.64. The van der Waals surface area contributed by atoms with Gasteiger partial charge in [0, 0.05) is 16.5 Å². The van der Waals surface area contributed by atoms with E-state index < -0.39 is 15.8 Å². The van der Waals surface area contributed by atoms with Gasteiger partial charge in [-0.25, -0.2) is 18.2 Å². The number of carbonyl (C=O) groups excluding carboxylic acids is 1. The summed E-state index contributed by atoms with van der Waals surface area (Å²) in [5.74, 6) is -1.03. The first-order valence-corrected chi connectivity index (χ1v) is 9.86. The van der Waals surface area contributed by atoms with Crippen LogP contribution < -0.4 is 0 Å². The van der Waals surface area contributed by atoms with Crippen molar-refractivity contribution in [2.24, 2.45) is 0 Å². The van der Waals surface area contributed by atoms with Crippen LogP contribution in [0.1, 0.15) is 48.3 Å². The fourth-order valence-corrected chi connectivity index (χ4v) is 5.30. The molecule has 0 spiro atoms. The van der Waals surface area contributed by atoms with Gasteiger partial charge in [0.1, 0.15) is 0 Å². The fraction of sp³-hybridized carbons (Fsp3) is 0.444. The number of nitrogens with zero attached hydrogens (tertiary/aromatic N) is 1. The molecule has 0 amide bonds. The smallest absolute Gasteiger partial charge is 0.360 e. The lowest BCUT2D eigenvalue weighted by Crippen LogP contribution is -2.24. The Morgan fingerprint density at radius 1 is 1.20 bits per heavy atom. The lowest BCUT2D eigenvalue weighted by atomic mass is 10.0. The van der Waals surface area contributed by atoms with Gasteiger partial charge in [0.2, 0.25) is 0 Å². The Morgan fingerprint density at radius 3 is 2.52 bits per heavy atom. The van der Waals surface area contributed by atoms with Crippen LogP contribution in [0.25, 0.3) is 10.8 Å². The van der Waals surface area contributed by atoms with Crippen molar-refractivity contribution in [3.05, 3.63) is 29.6 Å². The normalized spacial score (nSPS) is 16.1. The molecule has 134 valence electrons. The number of fused-ring (bicyclic) bond motifs is 1. The van der Waals surface area contributed by atoms with E-state index in [0.29, 0.717) is 29.3 Å². The number of esters is 1. The standard InChI is InChI=1S/C18H21NO5S/c1-11-15-10-13(25(22,23)12-6-4-3-5-7-12)8-9-14(15)17(20)16(19-11)18(21)24-2/h8-10,12,20H,3-7H2,1-2H3. The largest absolute Gasteiger partial charge is 0.505 e. The minimum Gasteiger partial charge on any atom is -0.505 e. The molecule has 1 aromatic carbocycles. The van der Waals surface area contributed by atoms with Crippen molar-refractivity contribution in [2.75, 3.05) is 7.11 Å². The molecule has 0 radical (unpaired) electrons. The number of carbonyl (C=O) groups is 1. The third-order valence-corrected chi connectivity index (χ3v) is 7.10. The molecule has 0 saturated heterocycles. The number of aromatic nitrogens is 1. The van der Waals surface area contributed by atoms with E-state index in [1.807, 2.05) is 0 Å². The van der Waals surface area contributed by atoms with Crippen LogP contribution in [-0.2, 0) is 14.6 Å². The predicted molar refractivity (Wildman–Crippen MR) is 93.5 cm³/mol. The van der Waals surface area contributed by atoms with E-state index in [4.69, 9.17) is 0 Å². The quantitative estimate of drug-likeness (QED) is 0.842. The Morgan fingerprint density at radius 2 is 1.88 bits per heavy atom. The van der Waals surface area contributed by atoms with Crippen molar-refractivity contribution in [2.45, 2.75) is 49.2 Å². The van der Waals surface area contributed by atoms with Crippen molar-refractivity contribution in [1.29, 1.82) is 0 Å². The molecule has 0 unspecified atom stereocenters. The van der Waals surface area contributed by atoms with Crippen molar-refractivity contribution in [3.63, 3.8) is 0 Å². The molecule has 1 fully saturated rings. The van der Waals surface area contributed by atoms with Crippen molar-refractivity contribution in [3.8, 4) is 5.75 Å². The SMILES string of the molecule is COC(=O)c1nc(C)c2cc(S(=O)(=O)C3CCCCC3)ccc2c1O. The molecule has 1 aromatic heterocycles. The fourth-order valence-electron chi connectivity index (χ4n) is 3.42. The summed E-state index contributed by atoms with van der Waals surface area (Å²) >= 11 is 0. The summed E-state index contributed by atoms with van der Waals surface area (Å²) in [7, 11) is -2.20. The monoisotopic (exact) mass is 363 g/mol. The zero-order valence-electron chi connectivity index (χ0n) is 14.3. The van der Waals surface area contributed by atoms with E-state index in [9.17, 15) is 18.3 Å². The highest BCUT2D eigenvalue weighted by Gasteiger charge is 2.29. The molecule has 1 saturated carbocycles. The lowest BCUT2D eigenvalue weighted by Gasteiger charge is -2.22. The highest BCUT2D eigenvalue weighted by molar-refractivity contribution is 7.92. The van der Waals surface area contributed by atoms with Crippen LogP contribution in [0, 0.1) is 6.92 Å². The molecule has 2 aromatic rings. The predicted octanol–water partition coefficient (Wildman–Crippen LogP) is 3.14. The molecule has 0 aliphatic heterocycles. The molecule has 0 bridgehead atoms. The molecule has 1 N–H and O–H groups in total. The first-order chi connectivity index (χ1) is 11.9. The molecule has 1 heterocycles. The Kier molecular flexibility index (Phi) is 4.69. The summed E-state index contributed by atoms with van der Waals surface area (Å²) in [6.07, 6.45) is 4.31. The number of benzene rings is 1. The minimum absolute atomic E-state index is 0.171. The van der Waals surface area contributed by atoms with Gasteiger partial charge in [-0.1, -0.05) is 19.3 Å². The van der Waals surface area contributed by atoms with Crippen LogP contribution in [0.2, 0.25) is 0 Å². The second kappa shape index (κ2) is 6.63. The van der Waals surface area contributed by atoms with Crippen molar-refractivity contribution >= 4 is 26.6 Å². The van der Waals surface area contributed by atoms with Crippen LogP contribution >= 0.6 is 0 Å². The molecule has 25 heavy (non-hydrogen) atoms. The van der Waals surface area contributed by atoms with Crippen LogP contribution in [-0.4, -0.2) is 36.8 Å². The maximum absolute atomic E-state index is 12.9. The zero-order valence-corrected chi connectivity index (χ0v) is 15.1. The second-order valence-electron chi connectivity index (χ2n) is 6.40. The highest BCUT2D eigenvalue weighted by atomic mass is 32.2. The molecule has 0 atom stereocenters. The molecular weight excluding hydrogens is 342 g/mol. The number of aryl methyl sites for hydroxylation is 1. The second-order valence-corrected chi connectivity index (χ2v) is 8.63. The Labute approximate surface area is 146 Å². The number of sulfone groups is 1. The summed E-state index contributed by atoms with van der Waals surface area (Å²) in [6, 6.07) is 4.57. The van der Waals surface area contributed by atoms with Gasteiger partial charge in [0.25, 0.3) is 0 Å². The van der Waals surface area contributed by atoms with Gasteiger partial charge in [0.05, 0.1) is 17.3 Å². The van der Waals surface area contributed by atoms with Gasteiger partial charge in [-0.15, -0.1) is 0 Å². The van der Waals surface area contributed by atoms with Gasteiger partial charge >= 0.3 is 5.97 Å². The average molecular weight is 363 g/mol. The van der Waals surface area contributed by atoms with E-state index in [1.54, 1.807) is 13.0 Å². The van der Waals surface area contributed by atoms with Gasteiger partial charge in [0.15, 0.2) is 21.3 Å². The first kappa shape index (κ1) is 17.7. The third kappa shape index (κ3) is 3.08. The molecule has 6 nitrogen and oxygen atoms in total. The van der Waals surface area contributed by atoms with E-state index in [0.717, 1.165) is 19.3 Å². The first-order valence-electron chi connectivity index (χ1n) is 8.32. The van der Waals surface area contributed by atoms with Gasteiger partial charge < -0.3 is 9.84 Å². The lowest BCUT2D eigenvalue weighted by molar-refractivity contribution is 0.0590. The Hall–Kier alpha value is -2.15. The number of hydrogen-bond donors (Lipinski definition) is 1. The highest BCUT2D eigenvalue weighted by Crippen LogP contribution is 2.34. The Balaban J connectivity index is 2.12.